The number of furan rings is 1. The van der Waals surface area contributed by atoms with Gasteiger partial charge in [0.25, 0.3) is 0 Å². The Bertz CT molecular complexity index is 943. The minimum absolute atomic E-state index is 0.401. The number of rotatable bonds is 7. The smallest absolute Gasteiger partial charge is 0.247 e. The average molecular weight is 395 g/mol. The molecule has 144 valence electrons. The molecule has 1 N–H and O–H groups in total. The van der Waals surface area contributed by atoms with Gasteiger partial charge in [-0.15, -0.1) is 10.2 Å². The minimum atomic E-state index is -0.401. The highest BCUT2D eigenvalue weighted by atomic mass is 32.2. The van der Waals surface area contributed by atoms with Gasteiger partial charge in [-0.25, -0.2) is 0 Å². The van der Waals surface area contributed by atoms with Crippen molar-refractivity contribution in [3.63, 3.8) is 0 Å². The minimum Gasteiger partial charge on any atom is -0.465 e. The predicted molar refractivity (Wildman–Crippen MR) is 111 cm³/mol. The number of fused-ring (bicyclic) bond motifs is 3. The number of hydrogen-bond acceptors (Lipinski definition) is 7. The summed E-state index contributed by atoms with van der Waals surface area (Å²) in [6.45, 7) is 2.19. The lowest BCUT2D eigenvalue weighted by Gasteiger charge is -2.15. The van der Waals surface area contributed by atoms with E-state index in [9.17, 15) is 0 Å². The van der Waals surface area contributed by atoms with Crippen LogP contribution in [0.2, 0.25) is 0 Å². The van der Waals surface area contributed by atoms with Crippen molar-refractivity contribution in [2.24, 2.45) is 0 Å². The summed E-state index contributed by atoms with van der Waals surface area (Å²) >= 11 is 1.62. The van der Waals surface area contributed by atoms with Crippen LogP contribution in [-0.4, -0.2) is 27.2 Å². The Morgan fingerprint density at radius 2 is 2.07 bits per heavy atom. The number of anilines is 1. The zero-order valence-electron chi connectivity index (χ0n) is 15.7. The summed E-state index contributed by atoms with van der Waals surface area (Å²) in [5.74, 6) is 2.22. The summed E-state index contributed by atoms with van der Waals surface area (Å²) in [6, 6.07) is 11.7. The van der Waals surface area contributed by atoms with Crippen molar-refractivity contribution in [1.29, 1.82) is 0 Å². The lowest BCUT2D eigenvalue weighted by Crippen LogP contribution is -2.23. The highest BCUT2D eigenvalue weighted by molar-refractivity contribution is 7.99. The first-order chi connectivity index (χ1) is 13.8. The fraction of sp³-hybridized carbons (Fsp3) is 0.286. The molecule has 0 radical (unpaired) electrons. The molecule has 0 fully saturated rings. The average Bonchev–Trinajstić information content (AvgIpc) is 3.18. The first kappa shape index (κ1) is 18.6. The first-order valence-corrected chi connectivity index (χ1v) is 10.4. The SMILES string of the molecule is CCCCCSc1nnc2c(n1)OC(C=Cc1ccco1)Nc1ccccc1-2. The van der Waals surface area contributed by atoms with Gasteiger partial charge in [0.2, 0.25) is 11.0 Å². The number of ether oxygens (including phenoxy) is 1. The van der Waals surface area contributed by atoms with Gasteiger partial charge in [-0.05, 0) is 36.8 Å². The Labute approximate surface area is 168 Å². The molecule has 7 heteroatoms. The van der Waals surface area contributed by atoms with Gasteiger partial charge in [0.05, 0.1) is 6.26 Å². The summed E-state index contributed by atoms with van der Waals surface area (Å²) in [4.78, 5) is 4.63. The van der Waals surface area contributed by atoms with E-state index in [-0.39, 0.29) is 0 Å². The zero-order chi connectivity index (χ0) is 19.2. The second-order valence-corrected chi connectivity index (χ2v) is 7.47. The molecular formula is C21H22N4O2S. The summed E-state index contributed by atoms with van der Waals surface area (Å²) < 4.78 is 11.5. The first-order valence-electron chi connectivity index (χ1n) is 9.45. The van der Waals surface area contributed by atoms with Crippen molar-refractivity contribution in [2.75, 3.05) is 11.1 Å². The monoisotopic (exact) mass is 394 g/mol. The maximum Gasteiger partial charge on any atom is 0.247 e. The predicted octanol–water partition coefficient (Wildman–Crippen LogP) is 5.26. The van der Waals surface area contributed by atoms with Gasteiger partial charge >= 0.3 is 0 Å². The molecule has 0 aliphatic carbocycles. The van der Waals surface area contributed by atoms with Crippen LogP contribution in [0.15, 0.2) is 58.3 Å². The molecule has 1 atom stereocenters. The van der Waals surface area contributed by atoms with Crippen LogP contribution in [0.3, 0.4) is 0 Å². The largest absolute Gasteiger partial charge is 0.465 e. The van der Waals surface area contributed by atoms with Crippen molar-refractivity contribution in [2.45, 2.75) is 37.6 Å². The van der Waals surface area contributed by atoms with Gasteiger partial charge in [0.15, 0.2) is 11.9 Å². The molecule has 3 heterocycles. The fourth-order valence-electron chi connectivity index (χ4n) is 2.90. The molecule has 2 aromatic heterocycles. The lowest BCUT2D eigenvalue weighted by molar-refractivity contribution is 0.266. The van der Waals surface area contributed by atoms with E-state index in [0.717, 1.165) is 29.2 Å². The van der Waals surface area contributed by atoms with Gasteiger partial charge in [-0.2, -0.15) is 4.98 Å². The molecule has 3 aromatic rings. The van der Waals surface area contributed by atoms with Crippen molar-refractivity contribution in [1.82, 2.24) is 15.2 Å². The molecule has 0 saturated heterocycles. The van der Waals surface area contributed by atoms with Crippen molar-refractivity contribution >= 4 is 23.5 Å². The highest BCUT2D eigenvalue weighted by Crippen LogP contribution is 2.36. The van der Waals surface area contributed by atoms with Gasteiger partial charge in [0, 0.05) is 17.0 Å². The Morgan fingerprint density at radius 1 is 1.14 bits per heavy atom. The van der Waals surface area contributed by atoms with Gasteiger partial charge < -0.3 is 14.5 Å². The molecule has 1 aliphatic heterocycles. The quantitative estimate of drug-likeness (QED) is 0.433. The van der Waals surface area contributed by atoms with E-state index in [4.69, 9.17) is 9.15 Å². The number of aromatic nitrogens is 3. The van der Waals surface area contributed by atoms with Crippen LogP contribution in [0.4, 0.5) is 5.69 Å². The van der Waals surface area contributed by atoms with E-state index in [0.29, 0.717) is 16.7 Å². The second kappa shape index (κ2) is 8.93. The van der Waals surface area contributed by atoms with Crippen molar-refractivity contribution in [3.05, 3.63) is 54.5 Å². The number of hydrogen-bond donors (Lipinski definition) is 1. The van der Waals surface area contributed by atoms with Gasteiger partial charge in [-0.1, -0.05) is 49.7 Å². The van der Waals surface area contributed by atoms with E-state index in [1.807, 2.05) is 48.6 Å². The van der Waals surface area contributed by atoms with Gasteiger partial charge in [-0.3, -0.25) is 0 Å². The topological polar surface area (TPSA) is 73.1 Å². The number of benzene rings is 1. The molecule has 4 rings (SSSR count). The van der Waals surface area contributed by atoms with Crippen molar-refractivity contribution in [3.8, 4) is 17.1 Å². The van der Waals surface area contributed by atoms with Crippen LogP contribution in [0, 0.1) is 0 Å². The summed E-state index contributed by atoms with van der Waals surface area (Å²) in [6.07, 6.45) is 8.56. The maximum atomic E-state index is 6.14. The number of thioether (sulfide) groups is 1. The number of unbranched alkanes of at least 4 members (excludes halogenated alkanes) is 2. The normalized spacial score (nSPS) is 15.4. The molecule has 1 aliphatic rings. The van der Waals surface area contributed by atoms with Gasteiger partial charge in [0.1, 0.15) is 5.76 Å². The molecule has 6 nitrogen and oxygen atoms in total. The van der Waals surface area contributed by atoms with E-state index >= 15 is 0 Å². The Balaban J connectivity index is 1.61. The standard InChI is InChI=1S/C21H22N4O2S/c1-2-3-6-14-28-21-23-20-19(24-25-21)16-9-4-5-10-17(16)22-18(27-20)12-11-15-8-7-13-26-15/h4-5,7-13,18,22H,2-3,6,14H2,1H3. The van der Waals surface area contributed by atoms with Crippen LogP contribution in [0.25, 0.3) is 17.3 Å². The summed E-state index contributed by atoms with van der Waals surface area (Å²) in [5.41, 5.74) is 2.50. The molecule has 1 unspecified atom stereocenters. The van der Waals surface area contributed by atoms with E-state index in [1.165, 1.54) is 12.8 Å². The Morgan fingerprint density at radius 3 is 2.93 bits per heavy atom. The van der Waals surface area contributed by atoms with Crippen molar-refractivity contribution < 1.29 is 9.15 Å². The molecule has 28 heavy (non-hydrogen) atoms. The van der Waals surface area contributed by atoms with Crippen LogP contribution in [0.1, 0.15) is 31.9 Å². The van der Waals surface area contributed by atoms with Crippen LogP contribution in [-0.2, 0) is 0 Å². The van der Waals surface area contributed by atoms with Crippen LogP contribution < -0.4 is 10.1 Å². The Kier molecular flexibility index (Phi) is 5.92. The molecule has 0 saturated carbocycles. The molecule has 0 spiro atoms. The molecule has 0 bridgehead atoms. The number of nitrogens with zero attached hydrogens (tertiary/aromatic N) is 3. The van der Waals surface area contributed by atoms with Crippen LogP contribution in [0.5, 0.6) is 5.88 Å². The van der Waals surface area contributed by atoms with E-state index < -0.39 is 6.23 Å². The second-order valence-electron chi connectivity index (χ2n) is 6.41. The lowest BCUT2D eigenvalue weighted by atomic mass is 10.1. The van der Waals surface area contributed by atoms with Crippen LogP contribution >= 0.6 is 11.8 Å². The third-order valence-electron chi connectivity index (χ3n) is 4.31. The molecule has 1 aromatic carbocycles. The van der Waals surface area contributed by atoms with E-state index in [1.54, 1.807) is 18.0 Å². The maximum absolute atomic E-state index is 6.14. The molecular weight excluding hydrogens is 372 g/mol. The molecule has 0 amide bonds. The zero-order valence-corrected chi connectivity index (χ0v) is 16.5. The highest BCUT2D eigenvalue weighted by Gasteiger charge is 2.23. The third-order valence-corrected chi connectivity index (χ3v) is 5.24. The summed E-state index contributed by atoms with van der Waals surface area (Å²) in [7, 11) is 0. The Hall–Kier alpha value is -2.80. The number of nitrogens with one attached hydrogen (secondary N) is 1. The third kappa shape index (κ3) is 4.36. The van der Waals surface area contributed by atoms with E-state index in [2.05, 4.69) is 27.4 Å². The summed E-state index contributed by atoms with van der Waals surface area (Å²) in [5, 5.41) is 12.8. The fourth-order valence-corrected chi connectivity index (χ4v) is 3.68. The number of para-hydroxylation sites is 1.